The Morgan fingerprint density at radius 3 is 2.17 bits per heavy atom. The van der Waals surface area contributed by atoms with Crippen LogP contribution in [0.2, 0.25) is 0 Å². The summed E-state index contributed by atoms with van der Waals surface area (Å²) in [4.78, 5) is 28.7. The molecule has 0 saturated carbocycles. The number of rotatable bonds is 9. The molecule has 1 unspecified atom stereocenters. The molecule has 0 fully saturated rings. The van der Waals surface area contributed by atoms with E-state index in [1.54, 1.807) is 0 Å². The number of carbonyl (C=O) groups is 1. The van der Waals surface area contributed by atoms with Crippen LogP contribution in [0.3, 0.4) is 0 Å². The summed E-state index contributed by atoms with van der Waals surface area (Å²) < 4.78 is 15.6. The zero-order valence-corrected chi connectivity index (χ0v) is 11.5. The van der Waals surface area contributed by atoms with Crippen LogP contribution in [0.5, 0.6) is 0 Å². The van der Waals surface area contributed by atoms with Crippen LogP contribution in [0.4, 0.5) is 0 Å². The molecule has 0 aromatic carbocycles. The molecule has 104 valence electrons. The molecular weight excluding hydrogens is 266 g/mol. The van der Waals surface area contributed by atoms with Gasteiger partial charge in [0.2, 0.25) is 0 Å². The second kappa shape index (κ2) is 11.4. The van der Waals surface area contributed by atoms with Crippen molar-refractivity contribution in [1.29, 1.82) is 0 Å². The van der Waals surface area contributed by atoms with Crippen molar-refractivity contribution >= 4 is 43.1 Å². The van der Waals surface area contributed by atoms with Crippen LogP contribution < -0.4 is 0 Å². The van der Waals surface area contributed by atoms with E-state index in [1.807, 2.05) is 0 Å². The van der Waals surface area contributed by atoms with Gasteiger partial charge in [-0.05, 0) is 13.3 Å². The van der Waals surface area contributed by atoms with E-state index in [2.05, 4.69) is 6.92 Å². The Morgan fingerprint density at radius 1 is 1.17 bits per heavy atom. The van der Waals surface area contributed by atoms with Gasteiger partial charge in [-0.15, -0.1) is 0 Å². The number of ether oxygens (including phenoxy) is 1. The van der Waals surface area contributed by atoms with Crippen LogP contribution in [0, 0.1) is 0 Å². The average Bonchev–Trinajstić information content (AvgIpc) is 2.25. The standard InChI is InChI=1S/C11H23O5P.Na.H/c1-3-4-5-6-7-8-9-16-11(12)10(2)17(13,14)15;;/h10H,3-9H2,1-2H3,(H2,13,14,15);;. The van der Waals surface area contributed by atoms with Crippen molar-refractivity contribution in [2.45, 2.75) is 58.0 Å². The predicted molar refractivity (Wildman–Crippen MR) is 73.0 cm³/mol. The Balaban J connectivity index is 0. The molecule has 0 amide bonds. The molecule has 0 aromatic rings. The number of hydrogen-bond acceptors (Lipinski definition) is 3. The van der Waals surface area contributed by atoms with E-state index >= 15 is 0 Å². The predicted octanol–water partition coefficient (Wildman–Crippen LogP) is 1.81. The normalized spacial score (nSPS) is 12.7. The first-order valence-corrected chi connectivity index (χ1v) is 7.79. The van der Waals surface area contributed by atoms with Crippen molar-refractivity contribution in [1.82, 2.24) is 0 Å². The molecule has 5 nitrogen and oxygen atoms in total. The fourth-order valence-corrected chi connectivity index (χ4v) is 1.66. The van der Waals surface area contributed by atoms with Crippen molar-refractivity contribution in [2.75, 3.05) is 6.61 Å². The van der Waals surface area contributed by atoms with Crippen LogP contribution in [0.25, 0.3) is 0 Å². The van der Waals surface area contributed by atoms with E-state index in [0.717, 1.165) is 19.3 Å². The Bertz CT molecular complexity index is 266. The van der Waals surface area contributed by atoms with Gasteiger partial charge in [0.05, 0.1) is 6.61 Å². The first kappa shape index (κ1) is 20.9. The van der Waals surface area contributed by atoms with Gasteiger partial charge in [-0.25, -0.2) is 0 Å². The SMILES string of the molecule is CCCCCCCCOC(=O)C(C)P(=O)(O)O.[NaH]. The summed E-state index contributed by atoms with van der Waals surface area (Å²) in [5.41, 5.74) is -1.36. The van der Waals surface area contributed by atoms with Crippen molar-refractivity contribution < 1.29 is 23.9 Å². The van der Waals surface area contributed by atoms with Crippen molar-refractivity contribution in [3.05, 3.63) is 0 Å². The molecular formula is C11H24NaO5P. The summed E-state index contributed by atoms with van der Waals surface area (Å²) in [5, 5.41) is 0. The summed E-state index contributed by atoms with van der Waals surface area (Å²) in [6.07, 6.45) is 6.44. The van der Waals surface area contributed by atoms with Gasteiger partial charge in [-0.2, -0.15) is 0 Å². The molecule has 18 heavy (non-hydrogen) atoms. The van der Waals surface area contributed by atoms with Crippen molar-refractivity contribution in [3.8, 4) is 0 Å². The van der Waals surface area contributed by atoms with Gasteiger partial charge in [0, 0.05) is 0 Å². The molecule has 0 aliphatic heterocycles. The van der Waals surface area contributed by atoms with Crippen LogP contribution in [0.1, 0.15) is 52.4 Å². The summed E-state index contributed by atoms with van der Waals surface area (Å²) in [6.45, 7) is 3.57. The molecule has 0 aromatic heterocycles. The first-order chi connectivity index (χ1) is 7.89. The van der Waals surface area contributed by atoms with Crippen LogP contribution in [0.15, 0.2) is 0 Å². The molecule has 0 radical (unpaired) electrons. The fourth-order valence-electron chi connectivity index (χ4n) is 1.31. The van der Waals surface area contributed by atoms with E-state index in [1.165, 1.54) is 26.2 Å². The number of esters is 1. The molecule has 2 N–H and O–H groups in total. The monoisotopic (exact) mass is 290 g/mol. The van der Waals surface area contributed by atoms with Crippen molar-refractivity contribution in [2.24, 2.45) is 0 Å². The quantitative estimate of drug-likeness (QED) is 0.293. The van der Waals surface area contributed by atoms with E-state index in [9.17, 15) is 9.36 Å². The Hall–Kier alpha value is 0.620. The summed E-state index contributed by atoms with van der Waals surface area (Å²) >= 11 is 0. The summed E-state index contributed by atoms with van der Waals surface area (Å²) in [7, 11) is -4.36. The molecule has 1 atom stereocenters. The second-order valence-corrected chi connectivity index (χ2v) is 6.15. The van der Waals surface area contributed by atoms with E-state index in [0.29, 0.717) is 0 Å². The fraction of sp³-hybridized carbons (Fsp3) is 0.909. The summed E-state index contributed by atoms with van der Waals surface area (Å²) in [6, 6.07) is 0. The van der Waals surface area contributed by atoms with Gasteiger partial charge in [0.1, 0.15) is 0 Å². The van der Waals surface area contributed by atoms with Gasteiger partial charge in [0.15, 0.2) is 5.66 Å². The van der Waals surface area contributed by atoms with Crippen LogP contribution in [-0.2, 0) is 14.1 Å². The second-order valence-electron chi connectivity index (χ2n) is 4.20. The van der Waals surface area contributed by atoms with Crippen LogP contribution in [-0.4, -0.2) is 57.6 Å². The molecule has 0 spiro atoms. The molecule has 0 rings (SSSR count). The molecule has 7 heteroatoms. The Kier molecular flexibility index (Phi) is 13.3. The van der Waals surface area contributed by atoms with Crippen molar-refractivity contribution in [3.63, 3.8) is 0 Å². The number of unbranched alkanes of at least 4 members (excludes halogenated alkanes) is 5. The zero-order chi connectivity index (χ0) is 13.3. The maximum atomic E-state index is 11.2. The number of carbonyl (C=O) groups excluding carboxylic acids is 1. The third-order valence-electron chi connectivity index (χ3n) is 2.59. The first-order valence-electron chi connectivity index (χ1n) is 6.11. The minimum atomic E-state index is -4.36. The van der Waals surface area contributed by atoms with Gasteiger partial charge < -0.3 is 14.5 Å². The average molecular weight is 290 g/mol. The zero-order valence-electron chi connectivity index (χ0n) is 10.6. The molecule has 0 heterocycles. The Labute approximate surface area is 131 Å². The van der Waals surface area contributed by atoms with Crippen LogP contribution >= 0.6 is 7.60 Å². The van der Waals surface area contributed by atoms with E-state index < -0.39 is 19.2 Å². The molecule has 0 aliphatic rings. The molecule has 0 bridgehead atoms. The third kappa shape index (κ3) is 10.5. The summed E-state index contributed by atoms with van der Waals surface area (Å²) in [5.74, 6) is -0.813. The minimum absolute atomic E-state index is 0. The topological polar surface area (TPSA) is 83.8 Å². The van der Waals surface area contributed by atoms with Gasteiger partial charge in [0.25, 0.3) is 0 Å². The van der Waals surface area contributed by atoms with E-state index in [-0.39, 0.29) is 36.2 Å². The van der Waals surface area contributed by atoms with Gasteiger partial charge >= 0.3 is 43.1 Å². The Morgan fingerprint density at radius 2 is 1.67 bits per heavy atom. The van der Waals surface area contributed by atoms with Gasteiger partial charge in [-0.3, -0.25) is 9.36 Å². The maximum absolute atomic E-state index is 11.2. The molecule has 0 saturated heterocycles. The molecule has 0 aliphatic carbocycles. The van der Waals surface area contributed by atoms with E-state index in [4.69, 9.17) is 14.5 Å². The van der Waals surface area contributed by atoms with Gasteiger partial charge in [-0.1, -0.05) is 39.0 Å². The number of hydrogen-bond donors (Lipinski definition) is 2. The third-order valence-corrected chi connectivity index (χ3v) is 3.81.